The van der Waals surface area contributed by atoms with Gasteiger partial charge in [-0.2, -0.15) is 0 Å². The number of aromatic hydroxyl groups is 1. The zero-order valence-electron chi connectivity index (χ0n) is 29.0. The van der Waals surface area contributed by atoms with Gasteiger partial charge >= 0.3 is 5.97 Å². The van der Waals surface area contributed by atoms with E-state index in [1.807, 2.05) is 13.8 Å². The minimum atomic E-state index is -1.59. The predicted molar refractivity (Wildman–Crippen MR) is 184 cm³/mol. The Bertz CT molecular complexity index is 1290. The summed E-state index contributed by atoms with van der Waals surface area (Å²) in [6, 6.07) is -0.770. The number of carbonyl (C=O) groups is 7. The molecular formula is C33H54N8O9. The highest BCUT2D eigenvalue weighted by molar-refractivity contribution is 5.97. The van der Waals surface area contributed by atoms with E-state index in [2.05, 4.69) is 26.6 Å². The Balaban J connectivity index is 3.28. The summed E-state index contributed by atoms with van der Waals surface area (Å²) in [5.74, 6) is -5.90. The van der Waals surface area contributed by atoms with Crippen molar-refractivity contribution in [1.82, 2.24) is 26.6 Å². The molecule has 13 N–H and O–H groups in total. The first kappa shape index (κ1) is 43.3. The Labute approximate surface area is 292 Å². The molecule has 0 radical (unpaired) electrons. The van der Waals surface area contributed by atoms with Gasteiger partial charge in [-0.15, -0.1) is 0 Å². The largest absolute Gasteiger partial charge is 0.508 e. The van der Waals surface area contributed by atoms with Crippen LogP contribution < -0.4 is 43.8 Å². The first-order valence-corrected chi connectivity index (χ1v) is 16.8. The van der Waals surface area contributed by atoms with Gasteiger partial charge in [0.1, 0.15) is 36.0 Å². The Morgan fingerprint density at radius 1 is 0.680 bits per heavy atom. The lowest BCUT2D eigenvalue weighted by atomic mass is 10.0. The Morgan fingerprint density at radius 2 is 1.18 bits per heavy atom. The molecule has 1 aromatic rings. The minimum absolute atomic E-state index is 0.0465. The van der Waals surface area contributed by atoms with E-state index in [0.717, 1.165) is 6.42 Å². The second-order valence-corrected chi connectivity index (χ2v) is 12.3. The molecule has 0 unspecified atom stereocenters. The summed E-state index contributed by atoms with van der Waals surface area (Å²) in [6.45, 7) is 5.65. The number of hydrogen-bond acceptors (Lipinski definition) is 10. The van der Waals surface area contributed by atoms with Gasteiger partial charge < -0.3 is 54.0 Å². The number of amides is 6. The summed E-state index contributed by atoms with van der Waals surface area (Å²) in [7, 11) is 0. The Morgan fingerprint density at radius 3 is 1.72 bits per heavy atom. The van der Waals surface area contributed by atoms with Crippen molar-refractivity contribution in [2.24, 2.45) is 23.1 Å². The van der Waals surface area contributed by atoms with Crippen LogP contribution in [-0.2, 0) is 40.0 Å². The topological polar surface area (TPSA) is 298 Å². The highest BCUT2D eigenvalue weighted by atomic mass is 16.4. The molecule has 1 aromatic carbocycles. The van der Waals surface area contributed by atoms with Crippen LogP contribution in [0, 0.1) is 5.92 Å². The van der Waals surface area contributed by atoms with Crippen molar-refractivity contribution < 1.29 is 43.8 Å². The molecule has 0 aliphatic carbocycles. The van der Waals surface area contributed by atoms with Gasteiger partial charge in [-0.3, -0.25) is 33.6 Å². The SMILES string of the molecule is CC[C@H](C)CC(=O)N[C@@H](CCCN)C(=O)N[C@@H](CCCCN)C(=O)N[C@@H](CC(N)=O)C(=O)N[C@@H](Cc1ccc(O)cc1)C(=O)N[C@@H](C)C(=O)O. The van der Waals surface area contributed by atoms with Gasteiger partial charge in [0.05, 0.1) is 6.42 Å². The molecule has 6 atom stereocenters. The zero-order chi connectivity index (χ0) is 37.8. The third kappa shape index (κ3) is 16.6. The van der Waals surface area contributed by atoms with E-state index in [-0.39, 0.29) is 49.8 Å². The molecule has 6 amide bonds. The fraction of sp³-hybridized carbons (Fsp3) is 0.606. The van der Waals surface area contributed by atoms with Gasteiger partial charge in [-0.05, 0) is 75.7 Å². The van der Waals surface area contributed by atoms with Crippen LogP contribution in [0.1, 0.15) is 77.7 Å². The van der Waals surface area contributed by atoms with E-state index in [0.29, 0.717) is 31.4 Å². The number of carbonyl (C=O) groups excluding carboxylic acids is 6. The average molecular weight is 707 g/mol. The molecule has 17 heteroatoms. The number of phenols is 1. The lowest BCUT2D eigenvalue weighted by molar-refractivity contribution is -0.142. The molecule has 1 rings (SSSR count). The number of nitrogens with two attached hydrogens (primary N) is 3. The summed E-state index contributed by atoms with van der Waals surface area (Å²) >= 11 is 0. The van der Waals surface area contributed by atoms with Gasteiger partial charge in [0, 0.05) is 12.8 Å². The molecule has 0 bridgehead atoms. The number of aliphatic carboxylic acids is 1. The standard InChI is InChI=1S/C33H54N8O9/c1-4-19(2)16-28(44)38-23(9-7-15-35)29(45)39-24(8-5-6-14-34)30(46)41-26(18-27(36)43)32(48)40-25(31(47)37-20(3)33(49)50)17-21-10-12-22(42)13-11-21/h10-13,19-20,23-26,42H,4-9,14-18,34-35H2,1-3H3,(H2,36,43)(H,37,47)(H,38,44)(H,39,45)(H,40,48)(H,41,46)(H,49,50)/t19-,20-,23-,24-,25-,26-/m0/s1. The van der Waals surface area contributed by atoms with Crippen LogP contribution in [0.3, 0.4) is 0 Å². The highest BCUT2D eigenvalue weighted by Crippen LogP contribution is 2.13. The van der Waals surface area contributed by atoms with Crippen molar-refractivity contribution >= 4 is 41.4 Å². The monoisotopic (exact) mass is 706 g/mol. The van der Waals surface area contributed by atoms with E-state index in [4.69, 9.17) is 17.2 Å². The van der Waals surface area contributed by atoms with Crippen LogP contribution in [0.4, 0.5) is 0 Å². The summed E-state index contributed by atoms with van der Waals surface area (Å²) in [5.41, 5.74) is 17.2. The molecule has 0 aliphatic heterocycles. The number of hydrogen-bond donors (Lipinski definition) is 10. The number of benzene rings is 1. The van der Waals surface area contributed by atoms with Crippen LogP contribution >= 0.6 is 0 Å². The van der Waals surface area contributed by atoms with Crippen molar-refractivity contribution in [3.63, 3.8) is 0 Å². The molecule has 280 valence electrons. The van der Waals surface area contributed by atoms with E-state index >= 15 is 0 Å². The number of nitrogens with one attached hydrogen (secondary N) is 5. The van der Waals surface area contributed by atoms with Crippen molar-refractivity contribution in [2.75, 3.05) is 13.1 Å². The Hall–Kier alpha value is -4.77. The number of rotatable bonds is 24. The highest BCUT2D eigenvalue weighted by Gasteiger charge is 2.33. The van der Waals surface area contributed by atoms with Gasteiger partial charge in [0.15, 0.2) is 0 Å². The minimum Gasteiger partial charge on any atom is -0.508 e. The van der Waals surface area contributed by atoms with Gasteiger partial charge in [0.25, 0.3) is 0 Å². The van der Waals surface area contributed by atoms with Crippen LogP contribution in [0.15, 0.2) is 24.3 Å². The maximum absolute atomic E-state index is 13.6. The molecule has 0 saturated heterocycles. The number of primary amides is 1. The van der Waals surface area contributed by atoms with Crippen LogP contribution in [0.25, 0.3) is 0 Å². The first-order valence-electron chi connectivity index (χ1n) is 16.8. The number of carboxylic acids is 1. The fourth-order valence-corrected chi connectivity index (χ4v) is 4.75. The van der Waals surface area contributed by atoms with Crippen LogP contribution in [-0.4, -0.2) is 94.9 Å². The van der Waals surface area contributed by atoms with Crippen molar-refractivity contribution in [3.05, 3.63) is 29.8 Å². The summed E-state index contributed by atoms with van der Waals surface area (Å²) in [6.07, 6.45) is 1.79. The second-order valence-electron chi connectivity index (χ2n) is 12.3. The number of phenolic OH excluding ortho intramolecular Hbond substituents is 1. The molecule has 17 nitrogen and oxygen atoms in total. The van der Waals surface area contributed by atoms with Gasteiger partial charge in [0.2, 0.25) is 35.4 Å². The molecule has 0 aromatic heterocycles. The summed E-state index contributed by atoms with van der Waals surface area (Å²) in [4.78, 5) is 89.6. The van der Waals surface area contributed by atoms with E-state index in [1.54, 1.807) is 0 Å². The summed E-state index contributed by atoms with van der Waals surface area (Å²) < 4.78 is 0. The van der Waals surface area contributed by atoms with Crippen molar-refractivity contribution in [1.29, 1.82) is 0 Å². The third-order valence-corrected chi connectivity index (χ3v) is 7.94. The smallest absolute Gasteiger partial charge is 0.325 e. The van der Waals surface area contributed by atoms with Crippen molar-refractivity contribution in [2.45, 2.75) is 109 Å². The van der Waals surface area contributed by atoms with E-state index in [9.17, 15) is 43.8 Å². The van der Waals surface area contributed by atoms with Crippen LogP contribution in [0.5, 0.6) is 5.75 Å². The lowest BCUT2D eigenvalue weighted by Gasteiger charge is -2.26. The maximum atomic E-state index is 13.6. The third-order valence-electron chi connectivity index (χ3n) is 7.94. The summed E-state index contributed by atoms with van der Waals surface area (Å²) in [5, 5.41) is 31.4. The van der Waals surface area contributed by atoms with Gasteiger partial charge in [-0.1, -0.05) is 32.4 Å². The van der Waals surface area contributed by atoms with Gasteiger partial charge in [-0.25, -0.2) is 0 Å². The maximum Gasteiger partial charge on any atom is 0.325 e. The van der Waals surface area contributed by atoms with Crippen LogP contribution in [0.2, 0.25) is 0 Å². The average Bonchev–Trinajstić information content (AvgIpc) is 3.05. The first-order chi connectivity index (χ1) is 23.6. The zero-order valence-corrected chi connectivity index (χ0v) is 29.0. The molecular weight excluding hydrogens is 652 g/mol. The second kappa shape index (κ2) is 22.8. The number of unbranched alkanes of at least 4 members (excludes halogenated alkanes) is 1. The molecule has 50 heavy (non-hydrogen) atoms. The lowest BCUT2D eigenvalue weighted by Crippen LogP contribution is -2.59. The van der Waals surface area contributed by atoms with E-state index < -0.39 is 72.1 Å². The van der Waals surface area contributed by atoms with Crippen molar-refractivity contribution in [3.8, 4) is 5.75 Å². The Kier molecular flexibility index (Phi) is 19.7. The predicted octanol–water partition coefficient (Wildman–Crippen LogP) is -1.36. The molecule has 0 spiro atoms. The normalized spacial score (nSPS) is 14.5. The quantitative estimate of drug-likeness (QED) is 0.0560. The molecule has 0 heterocycles. The number of carboxylic acid groups (broad SMARTS) is 1. The van der Waals surface area contributed by atoms with E-state index in [1.165, 1.54) is 31.2 Å². The molecule has 0 fully saturated rings. The molecule has 0 saturated carbocycles. The molecule has 0 aliphatic rings. The fourth-order valence-electron chi connectivity index (χ4n) is 4.75.